The van der Waals surface area contributed by atoms with Crippen LogP contribution in [0.4, 0.5) is 10.5 Å². The predicted molar refractivity (Wildman–Crippen MR) is 118 cm³/mol. The van der Waals surface area contributed by atoms with E-state index in [-0.39, 0.29) is 11.8 Å². The molecule has 30 heavy (non-hydrogen) atoms. The first-order valence-corrected chi connectivity index (χ1v) is 10.0. The number of hydrogen-bond acceptors (Lipinski definition) is 5. The third-order valence-electron chi connectivity index (χ3n) is 4.08. The monoisotopic (exact) mass is 413 g/mol. The second kappa shape index (κ2) is 10.1. The molecule has 0 aliphatic heterocycles. The minimum Gasteiger partial charge on any atom is -0.444 e. The van der Waals surface area contributed by atoms with Crippen molar-refractivity contribution in [1.82, 2.24) is 10.5 Å². The minimum atomic E-state index is -0.750. The minimum absolute atomic E-state index is 0.191. The summed E-state index contributed by atoms with van der Waals surface area (Å²) in [5, 5.41) is 9.48. The molecule has 0 radical (unpaired) electrons. The van der Waals surface area contributed by atoms with Crippen molar-refractivity contribution in [2.45, 2.75) is 59.6 Å². The Labute approximate surface area is 177 Å². The third kappa shape index (κ3) is 7.39. The van der Waals surface area contributed by atoms with E-state index in [4.69, 9.17) is 9.26 Å². The second-order valence-corrected chi connectivity index (χ2v) is 8.57. The Morgan fingerprint density at radius 3 is 2.43 bits per heavy atom. The Kier molecular flexibility index (Phi) is 7.80. The number of anilines is 1. The number of aromatic nitrogens is 1. The molecular weight excluding hydrogens is 382 g/mol. The molecule has 2 amide bonds. The van der Waals surface area contributed by atoms with Gasteiger partial charge in [-0.05, 0) is 51.7 Å². The van der Waals surface area contributed by atoms with Gasteiger partial charge in [0.2, 0.25) is 5.91 Å². The largest absolute Gasteiger partial charge is 0.444 e. The molecule has 1 aromatic heterocycles. The molecule has 2 N–H and O–H groups in total. The fourth-order valence-electron chi connectivity index (χ4n) is 2.75. The summed E-state index contributed by atoms with van der Waals surface area (Å²) in [6.07, 6.45) is 3.46. The lowest BCUT2D eigenvalue weighted by Crippen LogP contribution is -2.46. The maximum Gasteiger partial charge on any atom is 0.408 e. The highest BCUT2D eigenvalue weighted by molar-refractivity contribution is 5.98. The number of carbonyl (C=O) groups excluding carboxylic acids is 2. The van der Waals surface area contributed by atoms with Crippen LogP contribution in [0.1, 0.15) is 58.1 Å². The Balaban J connectivity index is 2.15. The Morgan fingerprint density at radius 2 is 1.83 bits per heavy atom. The third-order valence-corrected chi connectivity index (χ3v) is 4.08. The van der Waals surface area contributed by atoms with Gasteiger partial charge >= 0.3 is 6.09 Å². The van der Waals surface area contributed by atoms with Gasteiger partial charge in [-0.3, -0.25) is 4.79 Å². The van der Waals surface area contributed by atoms with E-state index in [2.05, 4.69) is 15.8 Å². The lowest BCUT2D eigenvalue weighted by atomic mass is 10.0. The summed E-state index contributed by atoms with van der Waals surface area (Å²) in [4.78, 5) is 25.1. The SMILES string of the molecule is Cc1noc(/C=C/c2ccccc2)c1NC(=O)[C@@H](CC(C)C)NC(=O)OC(C)(C)C. The first-order chi connectivity index (χ1) is 14.0. The van der Waals surface area contributed by atoms with Gasteiger partial charge in [-0.25, -0.2) is 4.79 Å². The molecule has 0 saturated heterocycles. The zero-order valence-corrected chi connectivity index (χ0v) is 18.5. The van der Waals surface area contributed by atoms with Crippen molar-refractivity contribution >= 4 is 29.8 Å². The van der Waals surface area contributed by atoms with Crippen molar-refractivity contribution in [1.29, 1.82) is 0 Å². The molecule has 0 unspecified atom stereocenters. The van der Waals surface area contributed by atoms with Crippen molar-refractivity contribution in [2.75, 3.05) is 5.32 Å². The molecule has 2 aromatic rings. The molecule has 0 saturated carbocycles. The number of carbonyl (C=O) groups is 2. The average molecular weight is 414 g/mol. The summed E-state index contributed by atoms with van der Waals surface area (Å²) in [5.74, 6) is 0.275. The van der Waals surface area contributed by atoms with Gasteiger partial charge in [0.05, 0.1) is 0 Å². The molecule has 1 atom stereocenters. The highest BCUT2D eigenvalue weighted by atomic mass is 16.6. The van der Waals surface area contributed by atoms with Crippen molar-refractivity contribution in [3.63, 3.8) is 0 Å². The molecule has 0 spiro atoms. The zero-order chi connectivity index (χ0) is 22.3. The smallest absolute Gasteiger partial charge is 0.408 e. The number of hydrogen-bond donors (Lipinski definition) is 2. The standard InChI is InChI=1S/C23H31N3O4/c1-15(2)14-18(24-22(28)29-23(4,5)6)21(27)25-20-16(3)26-30-19(20)13-12-17-10-8-7-9-11-17/h7-13,15,18H,14H2,1-6H3,(H,24,28)(H,25,27)/b13-12+/t18-/m1/s1. The van der Waals surface area contributed by atoms with Crippen LogP contribution in [0.25, 0.3) is 12.2 Å². The maximum absolute atomic E-state index is 13.0. The number of ether oxygens (including phenoxy) is 1. The first-order valence-electron chi connectivity index (χ1n) is 10.0. The van der Waals surface area contributed by atoms with E-state index in [9.17, 15) is 9.59 Å². The molecule has 0 aliphatic carbocycles. The van der Waals surface area contributed by atoms with E-state index in [1.165, 1.54) is 0 Å². The van der Waals surface area contributed by atoms with E-state index in [1.807, 2.05) is 50.3 Å². The molecule has 162 valence electrons. The topological polar surface area (TPSA) is 93.5 Å². The van der Waals surface area contributed by atoms with Crippen molar-refractivity contribution < 1.29 is 18.8 Å². The lowest BCUT2D eigenvalue weighted by molar-refractivity contribution is -0.118. The fourth-order valence-corrected chi connectivity index (χ4v) is 2.75. The second-order valence-electron chi connectivity index (χ2n) is 8.57. The molecule has 1 aromatic carbocycles. The van der Waals surface area contributed by atoms with Crippen molar-refractivity contribution in [3.05, 3.63) is 47.3 Å². The molecule has 0 fully saturated rings. The molecule has 1 heterocycles. The average Bonchev–Trinajstić information content (AvgIpc) is 2.98. The van der Waals surface area contributed by atoms with Crippen molar-refractivity contribution in [2.24, 2.45) is 5.92 Å². The highest BCUT2D eigenvalue weighted by Crippen LogP contribution is 2.23. The zero-order valence-electron chi connectivity index (χ0n) is 18.5. The number of aryl methyl sites for hydroxylation is 1. The summed E-state index contributed by atoms with van der Waals surface area (Å²) in [7, 11) is 0. The Hall–Kier alpha value is -3.09. The van der Waals surface area contributed by atoms with Gasteiger partial charge in [-0.2, -0.15) is 0 Å². The summed E-state index contributed by atoms with van der Waals surface area (Å²) in [5.41, 5.74) is 1.38. The van der Waals surface area contributed by atoms with Gasteiger partial charge in [0.15, 0.2) is 5.76 Å². The maximum atomic E-state index is 13.0. The van der Waals surface area contributed by atoms with Crippen LogP contribution in [-0.4, -0.2) is 28.8 Å². The van der Waals surface area contributed by atoms with E-state index >= 15 is 0 Å². The van der Waals surface area contributed by atoms with Crippen LogP contribution in [0.3, 0.4) is 0 Å². The fraction of sp³-hybridized carbons (Fsp3) is 0.435. The lowest BCUT2D eigenvalue weighted by Gasteiger charge is -2.24. The Bertz CT molecular complexity index is 880. The van der Waals surface area contributed by atoms with Gasteiger partial charge < -0.3 is 19.9 Å². The molecule has 7 nitrogen and oxygen atoms in total. The number of amides is 2. The van der Waals surface area contributed by atoms with Gasteiger partial charge in [0, 0.05) is 0 Å². The summed E-state index contributed by atoms with van der Waals surface area (Å²) in [6.45, 7) is 11.0. The number of alkyl carbamates (subject to hydrolysis) is 1. The molecular formula is C23H31N3O4. The predicted octanol–water partition coefficient (Wildman–Crippen LogP) is 5.03. The number of nitrogens with one attached hydrogen (secondary N) is 2. The number of benzene rings is 1. The quantitative estimate of drug-likeness (QED) is 0.664. The molecule has 7 heteroatoms. The molecule has 0 aliphatic rings. The van der Waals surface area contributed by atoms with E-state index in [0.717, 1.165) is 5.56 Å². The van der Waals surface area contributed by atoms with Crippen LogP contribution in [0.15, 0.2) is 34.9 Å². The molecule has 2 rings (SSSR count). The highest BCUT2D eigenvalue weighted by Gasteiger charge is 2.26. The van der Waals surface area contributed by atoms with Gasteiger partial charge in [0.1, 0.15) is 23.0 Å². The number of rotatable bonds is 7. The van der Waals surface area contributed by atoms with Gasteiger partial charge in [0.25, 0.3) is 0 Å². The van der Waals surface area contributed by atoms with Crippen LogP contribution in [0, 0.1) is 12.8 Å². The van der Waals surface area contributed by atoms with E-state index in [0.29, 0.717) is 23.6 Å². The van der Waals surface area contributed by atoms with Gasteiger partial charge in [-0.1, -0.05) is 55.4 Å². The van der Waals surface area contributed by atoms with Crippen LogP contribution < -0.4 is 10.6 Å². The van der Waals surface area contributed by atoms with Crippen molar-refractivity contribution in [3.8, 4) is 0 Å². The Morgan fingerprint density at radius 1 is 1.17 bits per heavy atom. The van der Waals surface area contributed by atoms with Crippen LogP contribution in [0.5, 0.6) is 0 Å². The summed E-state index contributed by atoms with van der Waals surface area (Å²) >= 11 is 0. The molecule has 0 bridgehead atoms. The van der Waals surface area contributed by atoms with Crippen LogP contribution >= 0.6 is 0 Å². The van der Waals surface area contributed by atoms with Crippen LogP contribution in [0.2, 0.25) is 0 Å². The summed E-state index contributed by atoms with van der Waals surface area (Å²) < 4.78 is 10.7. The normalized spacial score (nSPS) is 12.8. The van der Waals surface area contributed by atoms with E-state index < -0.39 is 17.7 Å². The number of nitrogens with zero attached hydrogens (tertiary/aromatic N) is 1. The van der Waals surface area contributed by atoms with E-state index in [1.54, 1.807) is 33.8 Å². The first kappa shape index (κ1) is 23.2. The van der Waals surface area contributed by atoms with Gasteiger partial charge in [-0.15, -0.1) is 0 Å². The summed E-state index contributed by atoms with van der Waals surface area (Å²) in [6, 6.07) is 8.98. The van der Waals surface area contributed by atoms with Crippen LogP contribution in [-0.2, 0) is 9.53 Å².